The van der Waals surface area contributed by atoms with Crippen molar-refractivity contribution in [3.63, 3.8) is 0 Å². The molecule has 0 heterocycles. The van der Waals surface area contributed by atoms with E-state index in [1.807, 2.05) is 0 Å². The second-order valence-corrected chi connectivity index (χ2v) is 4.80. The van der Waals surface area contributed by atoms with Crippen LogP contribution in [0, 0.1) is 5.82 Å². The van der Waals surface area contributed by atoms with Gasteiger partial charge in [-0.3, -0.25) is 4.79 Å². The highest BCUT2D eigenvalue weighted by Gasteiger charge is 2.22. The molecule has 1 unspecified atom stereocenters. The third-order valence-electron chi connectivity index (χ3n) is 2.96. The van der Waals surface area contributed by atoms with Gasteiger partial charge in [-0.15, -0.1) is 0 Å². The molecule has 0 saturated heterocycles. The first kappa shape index (κ1) is 13.8. The Morgan fingerprint density at radius 3 is 2.89 bits per heavy atom. The Morgan fingerprint density at radius 2 is 2.32 bits per heavy atom. The third kappa shape index (κ3) is 4.21. The van der Waals surface area contributed by atoms with Crippen LogP contribution in [0.25, 0.3) is 0 Å². The number of carbonyl (C=O) groups is 1. The number of carbonyl (C=O) groups excluding carboxylic acids is 1. The van der Waals surface area contributed by atoms with E-state index in [0.29, 0.717) is 11.8 Å². The Hall–Kier alpha value is -1.62. The van der Waals surface area contributed by atoms with Gasteiger partial charge in [-0.25, -0.2) is 4.39 Å². The first-order valence-corrected chi connectivity index (χ1v) is 6.46. The predicted molar refractivity (Wildman–Crippen MR) is 68.3 cm³/mol. The maximum Gasteiger partial charge on any atom is 0.223 e. The molecule has 0 aliphatic heterocycles. The van der Waals surface area contributed by atoms with E-state index in [-0.39, 0.29) is 24.5 Å². The number of hydrogen-bond acceptors (Lipinski definition) is 3. The summed E-state index contributed by atoms with van der Waals surface area (Å²) in [6.07, 6.45) is 1.52. The first-order chi connectivity index (χ1) is 9.06. The Morgan fingerprint density at radius 1 is 1.58 bits per heavy atom. The van der Waals surface area contributed by atoms with Crippen molar-refractivity contribution in [1.82, 2.24) is 5.32 Å². The predicted octanol–water partition coefficient (Wildman–Crippen LogP) is 1.93. The van der Waals surface area contributed by atoms with Gasteiger partial charge in [-0.1, -0.05) is 0 Å². The van der Waals surface area contributed by atoms with Crippen molar-refractivity contribution in [3.8, 4) is 5.75 Å². The molecule has 4 nitrogen and oxygen atoms in total. The van der Waals surface area contributed by atoms with E-state index in [1.54, 1.807) is 6.07 Å². The standard InChI is InChI=1S/C14H18FNO3/c1-9(17)12-5-4-11(8-13(12)15)19-7-6-14(18)16-10-2-3-10/h4-5,8-10,17H,2-3,6-7H2,1H3,(H,16,18). The van der Waals surface area contributed by atoms with Crippen LogP contribution in [0.4, 0.5) is 4.39 Å². The van der Waals surface area contributed by atoms with Crippen LogP contribution in [0.1, 0.15) is 37.9 Å². The minimum absolute atomic E-state index is 0.0384. The van der Waals surface area contributed by atoms with Crippen LogP contribution in [-0.4, -0.2) is 23.7 Å². The highest BCUT2D eigenvalue weighted by molar-refractivity contribution is 5.76. The molecular weight excluding hydrogens is 249 g/mol. The van der Waals surface area contributed by atoms with E-state index in [0.717, 1.165) is 12.8 Å². The summed E-state index contributed by atoms with van der Waals surface area (Å²) < 4.78 is 18.9. The van der Waals surface area contributed by atoms with Gasteiger partial charge in [0.2, 0.25) is 5.91 Å². The van der Waals surface area contributed by atoms with Gasteiger partial charge in [0.1, 0.15) is 11.6 Å². The average Bonchev–Trinajstić information content (AvgIpc) is 3.12. The highest BCUT2D eigenvalue weighted by Crippen LogP contribution is 2.22. The van der Waals surface area contributed by atoms with Gasteiger partial charge < -0.3 is 15.2 Å². The van der Waals surface area contributed by atoms with Crippen molar-refractivity contribution < 1.29 is 19.0 Å². The Kier molecular flexibility index (Phi) is 4.37. The number of rotatable bonds is 6. The molecule has 19 heavy (non-hydrogen) atoms. The van der Waals surface area contributed by atoms with Crippen LogP contribution in [0.3, 0.4) is 0 Å². The van der Waals surface area contributed by atoms with Crippen LogP contribution in [0.2, 0.25) is 0 Å². The summed E-state index contributed by atoms with van der Waals surface area (Å²) >= 11 is 0. The van der Waals surface area contributed by atoms with Gasteiger partial charge in [0.05, 0.1) is 19.1 Å². The third-order valence-corrected chi connectivity index (χ3v) is 2.96. The maximum atomic E-state index is 13.5. The number of aliphatic hydroxyl groups is 1. The van der Waals surface area contributed by atoms with Gasteiger partial charge in [-0.2, -0.15) is 0 Å². The fourth-order valence-electron chi connectivity index (χ4n) is 1.73. The van der Waals surface area contributed by atoms with Gasteiger partial charge in [-0.05, 0) is 31.9 Å². The molecule has 0 radical (unpaired) electrons. The summed E-state index contributed by atoms with van der Waals surface area (Å²) in [6, 6.07) is 4.64. The molecular formula is C14H18FNO3. The molecule has 0 aromatic heterocycles. The van der Waals surface area contributed by atoms with Crippen molar-refractivity contribution in [2.75, 3.05) is 6.61 Å². The number of benzene rings is 1. The Labute approximate surface area is 111 Å². The smallest absolute Gasteiger partial charge is 0.223 e. The lowest BCUT2D eigenvalue weighted by Gasteiger charge is -2.10. The molecule has 1 aromatic rings. The molecule has 1 aliphatic rings. The summed E-state index contributed by atoms with van der Waals surface area (Å²) in [5.74, 6) is -0.181. The molecule has 5 heteroatoms. The lowest BCUT2D eigenvalue weighted by atomic mass is 10.1. The van der Waals surface area contributed by atoms with Crippen molar-refractivity contribution >= 4 is 5.91 Å². The molecule has 2 N–H and O–H groups in total. The minimum atomic E-state index is -0.849. The normalized spacial score (nSPS) is 15.9. The number of amides is 1. The summed E-state index contributed by atoms with van der Waals surface area (Å²) in [5, 5.41) is 12.1. The van der Waals surface area contributed by atoms with Crippen molar-refractivity contribution in [2.24, 2.45) is 0 Å². The monoisotopic (exact) mass is 267 g/mol. The molecule has 0 bridgehead atoms. The minimum Gasteiger partial charge on any atom is -0.493 e. The van der Waals surface area contributed by atoms with E-state index >= 15 is 0 Å². The zero-order valence-electron chi connectivity index (χ0n) is 10.9. The number of hydrogen-bond donors (Lipinski definition) is 2. The molecule has 0 spiro atoms. The molecule has 1 atom stereocenters. The summed E-state index contributed by atoms with van der Waals surface area (Å²) in [5.41, 5.74) is 0.235. The van der Waals surface area contributed by atoms with E-state index < -0.39 is 11.9 Å². The number of ether oxygens (including phenoxy) is 1. The lowest BCUT2D eigenvalue weighted by Crippen LogP contribution is -2.26. The van der Waals surface area contributed by atoms with Crippen LogP contribution in [0.5, 0.6) is 5.75 Å². The fourth-order valence-corrected chi connectivity index (χ4v) is 1.73. The Balaban J connectivity index is 1.79. The van der Waals surface area contributed by atoms with E-state index in [9.17, 15) is 14.3 Å². The van der Waals surface area contributed by atoms with Crippen LogP contribution in [-0.2, 0) is 4.79 Å². The number of aliphatic hydroxyl groups excluding tert-OH is 1. The van der Waals surface area contributed by atoms with Gasteiger partial charge in [0.25, 0.3) is 0 Å². The zero-order chi connectivity index (χ0) is 13.8. The summed E-state index contributed by atoms with van der Waals surface area (Å²) in [6.45, 7) is 1.72. The van der Waals surface area contributed by atoms with Gasteiger partial charge in [0.15, 0.2) is 0 Å². The van der Waals surface area contributed by atoms with Crippen LogP contribution < -0.4 is 10.1 Å². The second-order valence-electron chi connectivity index (χ2n) is 4.80. The van der Waals surface area contributed by atoms with Crippen molar-refractivity contribution in [1.29, 1.82) is 0 Å². The highest BCUT2D eigenvalue weighted by atomic mass is 19.1. The number of halogens is 1. The van der Waals surface area contributed by atoms with E-state index in [2.05, 4.69) is 5.32 Å². The maximum absolute atomic E-state index is 13.5. The van der Waals surface area contributed by atoms with Crippen molar-refractivity contribution in [3.05, 3.63) is 29.6 Å². The second kappa shape index (κ2) is 6.02. The van der Waals surface area contributed by atoms with Crippen molar-refractivity contribution in [2.45, 2.75) is 38.3 Å². The molecule has 1 aliphatic carbocycles. The molecule has 1 fully saturated rings. The largest absolute Gasteiger partial charge is 0.493 e. The summed E-state index contributed by atoms with van der Waals surface area (Å²) in [7, 11) is 0. The topological polar surface area (TPSA) is 58.6 Å². The Bertz CT molecular complexity index is 458. The van der Waals surface area contributed by atoms with Gasteiger partial charge in [0, 0.05) is 17.7 Å². The van der Waals surface area contributed by atoms with Gasteiger partial charge >= 0.3 is 0 Å². The number of nitrogens with one attached hydrogen (secondary N) is 1. The molecule has 1 amide bonds. The van der Waals surface area contributed by atoms with E-state index in [4.69, 9.17) is 4.74 Å². The SMILES string of the molecule is CC(O)c1ccc(OCCC(=O)NC2CC2)cc1F. The fraction of sp³-hybridized carbons (Fsp3) is 0.500. The molecule has 104 valence electrons. The quantitative estimate of drug-likeness (QED) is 0.828. The summed E-state index contributed by atoms with van der Waals surface area (Å²) in [4.78, 5) is 11.4. The zero-order valence-corrected chi connectivity index (χ0v) is 10.9. The van der Waals surface area contributed by atoms with Crippen LogP contribution in [0.15, 0.2) is 18.2 Å². The van der Waals surface area contributed by atoms with Crippen LogP contribution >= 0.6 is 0 Å². The molecule has 1 aromatic carbocycles. The van der Waals surface area contributed by atoms with E-state index in [1.165, 1.54) is 19.1 Å². The molecule has 1 saturated carbocycles. The average molecular weight is 267 g/mol. The molecule has 2 rings (SSSR count). The lowest BCUT2D eigenvalue weighted by molar-refractivity contribution is -0.121. The first-order valence-electron chi connectivity index (χ1n) is 6.46.